The summed E-state index contributed by atoms with van der Waals surface area (Å²) in [4.78, 5) is 18.7. The van der Waals surface area contributed by atoms with Crippen LogP contribution in [-0.2, 0) is 14.8 Å². The van der Waals surface area contributed by atoms with Crippen LogP contribution in [-0.4, -0.2) is 39.6 Å². The molecule has 1 fully saturated rings. The van der Waals surface area contributed by atoms with Gasteiger partial charge >= 0.3 is 5.97 Å². The lowest BCUT2D eigenvalue weighted by atomic mass is 9.96. The molecule has 0 radical (unpaired) electrons. The van der Waals surface area contributed by atoms with Gasteiger partial charge in [0, 0.05) is 19.0 Å². The zero-order valence-electron chi connectivity index (χ0n) is 15.9. The number of piperidine rings is 1. The zero-order chi connectivity index (χ0) is 20.6. The van der Waals surface area contributed by atoms with Crippen LogP contribution >= 0.6 is 0 Å². The van der Waals surface area contributed by atoms with Crippen molar-refractivity contribution in [2.75, 3.05) is 25.1 Å². The average molecular weight is 415 g/mol. The fourth-order valence-corrected chi connectivity index (χ4v) is 4.21. The molecule has 2 N–H and O–H groups in total. The third-order valence-electron chi connectivity index (χ3n) is 5.20. The summed E-state index contributed by atoms with van der Waals surface area (Å²) in [5.74, 6) is 0.305. The number of carbonyl (C=O) groups excluding carboxylic acids is 1. The fraction of sp³-hybridized carbons (Fsp3) is 0.300. The number of ether oxygens (including phenoxy) is 1. The third-order valence-corrected chi connectivity index (χ3v) is 6.11. The molecule has 152 valence electrons. The number of rotatable bonds is 4. The fourth-order valence-electron chi connectivity index (χ4n) is 3.67. The first-order valence-electron chi connectivity index (χ1n) is 9.22. The molecule has 2 aromatic carbocycles. The number of hydrogen-bond acceptors (Lipinski definition) is 7. The number of primary sulfonamides is 1. The first-order valence-corrected chi connectivity index (χ1v) is 10.8. The van der Waals surface area contributed by atoms with E-state index in [4.69, 9.17) is 14.3 Å². The number of methoxy groups -OCH3 is 1. The van der Waals surface area contributed by atoms with Crippen LogP contribution in [0.5, 0.6) is 0 Å². The highest BCUT2D eigenvalue weighted by Gasteiger charge is 2.28. The molecule has 9 heteroatoms. The van der Waals surface area contributed by atoms with Gasteiger partial charge in [0.15, 0.2) is 11.5 Å². The largest absolute Gasteiger partial charge is 0.465 e. The maximum atomic E-state index is 12.2. The minimum atomic E-state index is -3.92. The molecule has 1 aliphatic heterocycles. The monoisotopic (exact) mass is 415 g/mol. The second-order valence-electron chi connectivity index (χ2n) is 7.00. The number of para-hydroxylation sites is 2. The molecule has 8 nitrogen and oxygen atoms in total. The predicted molar refractivity (Wildman–Crippen MR) is 107 cm³/mol. The summed E-state index contributed by atoms with van der Waals surface area (Å²) < 4.78 is 34.0. The topological polar surface area (TPSA) is 116 Å². The molecule has 29 heavy (non-hydrogen) atoms. The Bertz CT molecular complexity index is 1130. The molecule has 0 atom stereocenters. The summed E-state index contributed by atoms with van der Waals surface area (Å²) in [5, 5.41) is 5.20. The minimum Gasteiger partial charge on any atom is -0.465 e. The molecule has 0 unspecified atom stereocenters. The van der Waals surface area contributed by atoms with Crippen LogP contribution in [0.25, 0.3) is 11.1 Å². The van der Waals surface area contributed by atoms with Gasteiger partial charge in [0.1, 0.15) is 5.52 Å². The summed E-state index contributed by atoms with van der Waals surface area (Å²) in [5.41, 5.74) is 2.42. The molecule has 4 rings (SSSR count). The van der Waals surface area contributed by atoms with E-state index >= 15 is 0 Å². The standard InChI is InChI=1S/C20H21N3O5S/c1-27-20(24)15-12-14(29(21,25)26)6-7-17(15)23-10-8-13(9-11-23)19-22-16-4-2-3-5-18(16)28-19/h2-7,12-13H,8-11H2,1H3,(H2,21,25,26). The molecule has 0 saturated carbocycles. The molecule has 0 bridgehead atoms. The lowest BCUT2D eigenvalue weighted by Gasteiger charge is -2.33. The van der Waals surface area contributed by atoms with Gasteiger partial charge in [0.25, 0.3) is 0 Å². The number of carbonyl (C=O) groups is 1. The van der Waals surface area contributed by atoms with Crippen LogP contribution in [0.15, 0.2) is 51.8 Å². The zero-order valence-corrected chi connectivity index (χ0v) is 16.7. The summed E-state index contributed by atoms with van der Waals surface area (Å²) in [6.07, 6.45) is 1.59. The number of hydrogen-bond donors (Lipinski definition) is 1. The first kappa shape index (κ1) is 19.4. The van der Waals surface area contributed by atoms with Crippen molar-refractivity contribution >= 4 is 32.8 Å². The van der Waals surface area contributed by atoms with Crippen molar-refractivity contribution < 1.29 is 22.4 Å². The van der Waals surface area contributed by atoms with Crippen molar-refractivity contribution in [3.05, 3.63) is 53.9 Å². The minimum absolute atomic E-state index is 0.122. The van der Waals surface area contributed by atoms with Gasteiger partial charge in [-0.05, 0) is 43.2 Å². The number of nitrogens with zero attached hydrogens (tertiary/aromatic N) is 2. The van der Waals surface area contributed by atoms with E-state index in [2.05, 4.69) is 4.98 Å². The number of nitrogens with two attached hydrogens (primary N) is 1. The van der Waals surface area contributed by atoms with Crippen LogP contribution in [0.4, 0.5) is 5.69 Å². The highest BCUT2D eigenvalue weighted by atomic mass is 32.2. The SMILES string of the molecule is COC(=O)c1cc(S(N)(=O)=O)ccc1N1CCC(c2nc3ccccc3o2)CC1. The van der Waals surface area contributed by atoms with Crippen molar-refractivity contribution in [1.29, 1.82) is 0 Å². The molecule has 0 amide bonds. The highest BCUT2D eigenvalue weighted by molar-refractivity contribution is 7.89. The lowest BCUT2D eigenvalue weighted by molar-refractivity contribution is 0.0601. The lowest BCUT2D eigenvalue weighted by Crippen LogP contribution is -2.34. The molecule has 2 heterocycles. The van der Waals surface area contributed by atoms with E-state index in [1.165, 1.54) is 19.2 Å². The van der Waals surface area contributed by atoms with E-state index in [9.17, 15) is 13.2 Å². The molecule has 1 aliphatic rings. The van der Waals surface area contributed by atoms with Gasteiger partial charge in [-0.3, -0.25) is 0 Å². The molecule has 3 aromatic rings. The van der Waals surface area contributed by atoms with Crippen molar-refractivity contribution in [1.82, 2.24) is 4.98 Å². The molecule has 0 aliphatic carbocycles. The number of fused-ring (bicyclic) bond motifs is 1. The Hall–Kier alpha value is -2.91. The predicted octanol–water partition coefficient (Wildman–Crippen LogP) is 2.65. The van der Waals surface area contributed by atoms with Gasteiger partial charge in [-0.1, -0.05) is 12.1 Å². The van der Waals surface area contributed by atoms with Gasteiger partial charge in [-0.2, -0.15) is 0 Å². The van der Waals surface area contributed by atoms with E-state index in [-0.39, 0.29) is 16.4 Å². The number of anilines is 1. The number of esters is 1. The van der Waals surface area contributed by atoms with Gasteiger partial charge in [-0.15, -0.1) is 0 Å². The first-order chi connectivity index (χ1) is 13.9. The molecular formula is C20H21N3O5S. The van der Waals surface area contributed by atoms with E-state index in [1.54, 1.807) is 6.07 Å². The molecular weight excluding hydrogens is 394 g/mol. The Morgan fingerprint density at radius 3 is 2.59 bits per heavy atom. The summed E-state index contributed by atoms with van der Waals surface area (Å²) in [7, 11) is -2.66. The Labute approximate surface area is 168 Å². The highest BCUT2D eigenvalue weighted by Crippen LogP contribution is 2.33. The number of oxazole rings is 1. The second kappa shape index (κ2) is 7.49. The Morgan fingerprint density at radius 2 is 1.93 bits per heavy atom. The van der Waals surface area contributed by atoms with Crippen molar-refractivity contribution in [2.24, 2.45) is 5.14 Å². The maximum absolute atomic E-state index is 12.2. The Kier molecular flexibility index (Phi) is 5.01. The van der Waals surface area contributed by atoms with Crippen molar-refractivity contribution in [2.45, 2.75) is 23.7 Å². The molecule has 1 saturated heterocycles. The van der Waals surface area contributed by atoms with Gasteiger partial charge < -0.3 is 14.1 Å². The summed E-state index contributed by atoms with van der Waals surface area (Å²) >= 11 is 0. The number of benzene rings is 2. The molecule has 1 aromatic heterocycles. The maximum Gasteiger partial charge on any atom is 0.340 e. The van der Waals surface area contributed by atoms with Crippen molar-refractivity contribution in [3.8, 4) is 0 Å². The Morgan fingerprint density at radius 1 is 1.21 bits per heavy atom. The summed E-state index contributed by atoms with van der Waals surface area (Å²) in [6.45, 7) is 1.34. The van der Waals surface area contributed by atoms with Crippen LogP contribution < -0.4 is 10.0 Å². The van der Waals surface area contributed by atoms with Crippen LogP contribution in [0, 0.1) is 0 Å². The van der Waals surface area contributed by atoms with E-state index in [0.29, 0.717) is 18.8 Å². The van der Waals surface area contributed by atoms with Crippen LogP contribution in [0.2, 0.25) is 0 Å². The van der Waals surface area contributed by atoms with Gasteiger partial charge in [0.05, 0.1) is 23.3 Å². The number of sulfonamides is 1. The third kappa shape index (κ3) is 3.83. The van der Waals surface area contributed by atoms with Crippen molar-refractivity contribution in [3.63, 3.8) is 0 Å². The Balaban J connectivity index is 1.56. The van der Waals surface area contributed by atoms with Gasteiger partial charge in [-0.25, -0.2) is 23.3 Å². The molecule has 0 spiro atoms. The quantitative estimate of drug-likeness (QED) is 0.651. The average Bonchev–Trinajstić information content (AvgIpc) is 3.16. The van der Waals surface area contributed by atoms with E-state index < -0.39 is 16.0 Å². The smallest absolute Gasteiger partial charge is 0.340 e. The van der Waals surface area contributed by atoms with E-state index in [1.807, 2.05) is 29.2 Å². The van der Waals surface area contributed by atoms with E-state index in [0.717, 1.165) is 29.8 Å². The normalized spacial score (nSPS) is 15.6. The van der Waals surface area contributed by atoms with Crippen LogP contribution in [0.1, 0.15) is 35.0 Å². The number of aromatic nitrogens is 1. The second-order valence-corrected chi connectivity index (χ2v) is 8.56. The summed E-state index contributed by atoms with van der Waals surface area (Å²) in [6, 6.07) is 11.9. The van der Waals surface area contributed by atoms with Gasteiger partial charge in [0.2, 0.25) is 10.0 Å². The van der Waals surface area contributed by atoms with Crippen LogP contribution in [0.3, 0.4) is 0 Å².